The summed E-state index contributed by atoms with van der Waals surface area (Å²) >= 11 is 0. The highest BCUT2D eigenvalue weighted by Gasteiger charge is 2.23. The van der Waals surface area contributed by atoms with E-state index in [1.54, 1.807) is 18.2 Å². The van der Waals surface area contributed by atoms with Gasteiger partial charge in [-0.3, -0.25) is 15.0 Å². The fourth-order valence-corrected chi connectivity index (χ4v) is 3.39. The second kappa shape index (κ2) is 9.95. The van der Waals surface area contributed by atoms with Crippen LogP contribution in [0, 0.1) is 17.5 Å². The number of nitrogens with one attached hydrogen (secondary N) is 1. The molecule has 2 amide bonds. The Kier molecular flexibility index (Phi) is 7.31. The molecule has 1 atom stereocenters. The van der Waals surface area contributed by atoms with Crippen LogP contribution in [0.15, 0.2) is 30.3 Å². The Hall–Kier alpha value is -2.89. The summed E-state index contributed by atoms with van der Waals surface area (Å²) < 4.78 is 47.0. The third kappa shape index (κ3) is 5.43. The Labute approximate surface area is 177 Å². The van der Waals surface area contributed by atoms with Gasteiger partial charge >= 0.3 is 7.48 Å². The summed E-state index contributed by atoms with van der Waals surface area (Å²) in [5.41, 5.74) is 9.39. The van der Waals surface area contributed by atoms with E-state index < -0.39 is 47.4 Å². The topological polar surface area (TPSA) is 111 Å². The van der Waals surface area contributed by atoms with Gasteiger partial charge in [-0.1, -0.05) is 6.07 Å². The minimum Gasteiger partial charge on any atom is -0.430 e. The number of carbonyl (C=O) groups excluding carboxylic acids is 2. The van der Waals surface area contributed by atoms with Crippen LogP contribution in [0.2, 0.25) is 0 Å². The van der Waals surface area contributed by atoms with Gasteiger partial charge in [0.25, 0.3) is 11.8 Å². The maximum atomic E-state index is 14.2. The zero-order valence-electron chi connectivity index (χ0n) is 16.7. The highest BCUT2D eigenvalue weighted by Crippen LogP contribution is 2.20. The summed E-state index contributed by atoms with van der Waals surface area (Å²) in [5, 5.41) is 0. The standard InChI is InChI=1S/C20H22BF3N4O3/c22-13-7-16(23)14(17(24)8-13)9-28(5-1-2-18(25)19(29)27-26)20(30)11-3-4-15-12(6-11)10-31-21-15/h3-4,6-8,18,21H,1-2,5,9-10,25-26H2,(H,27,29)/t18-/m0/s1. The Bertz CT molecular complexity index is 969. The van der Waals surface area contributed by atoms with Crippen molar-refractivity contribution in [2.24, 2.45) is 11.6 Å². The zero-order valence-corrected chi connectivity index (χ0v) is 16.7. The van der Waals surface area contributed by atoms with Crippen LogP contribution in [0.3, 0.4) is 0 Å². The predicted octanol–water partition coefficient (Wildman–Crippen LogP) is 0.351. The molecule has 0 unspecified atom stereocenters. The molecule has 3 rings (SSSR count). The number of fused-ring (bicyclic) bond motifs is 1. The van der Waals surface area contributed by atoms with Crippen molar-refractivity contribution in [2.45, 2.75) is 32.0 Å². The molecule has 0 aliphatic carbocycles. The molecule has 0 radical (unpaired) electrons. The fourth-order valence-electron chi connectivity index (χ4n) is 3.39. The molecule has 0 aromatic heterocycles. The molecule has 0 spiro atoms. The lowest BCUT2D eigenvalue weighted by Crippen LogP contribution is -2.44. The monoisotopic (exact) mass is 434 g/mol. The van der Waals surface area contributed by atoms with Crippen molar-refractivity contribution in [1.82, 2.24) is 10.3 Å². The fraction of sp³-hybridized carbons (Fsp3) is 0.300. The van der Waals surface area contributed by atoms with Gasteiger partial charge in [-0.2, -0.15) is 0 Å². The number of benzene rings is 2. The Morgan fingerprint density at radius 1 is 1.19 bits per heavy atom. The molecule has 31 heavy (non-hydrogen) atoms. The number of hydrazine groups is 1. The van der Waals surface area contributed by atoms with Gasteiger partial charge in [-0.05, 0) is 36.0 Å². The van der Waals surface area contributed by atoms with Gasteiger partial charge in [0, 0.05) is 29.8 Å². The average molecular weight is 434 g/mol. The molecule has 1 aliphatic rings. The van der Waals surface area contributed by atoms with Gasteiger partial charge in [-0.15, -0.1) is 0 Å². The minimum atomic E-state index is -1.09. The lowest BCUT2D eigenvalue weighted by atomic mass is 9.86. The van der Waals surface area contributed by atoms with Crippen molar-refractivity contribution >= 4 is 24.8 Å². The quantitative estimate of drug-likeness (QED) is 0.241. The third-order valence-corrected chi connectivity index (χ3v) is 5.13. The first kappa shape index (κ1) is 22.8. The van der Waals surface area contributed by atoms with Gasteiger partial charge in [0.15, 0.2) is 0 Å². The minimum absolute atomic E-state index is 0.0637. The van der Waals surface area contributed by atoms with Gasteiger partial charge in [-0.25, -0.2) is 19.0 Å². The van der Waals surface area contributed by atoms with Crippen molar-refractivity contribution < 1.29 is 27.4 Å². The zero-order chi connectivity index (χ0) is 22.5. The number of hydrogen-bond donors (Lipinski definition) is 3. The first-order valence-electron chi connectivity index (χ1n) is 9.68. The molecule has 5 N–H and O–H groups in total. The van der Waals surface area contributed by atoms with Crippen molar-refractivity contribution in [3.8, 4) is 0 Å². The van der Waals surface area contributed by atoms with Crippen molar-refractivity contribution in [2.75, 3.05) is 6.54 Å². The van der Waals surface area contributed by atoms with E-state index in [4.69, 9.17) is 16.2 Å². The summed E-state index contributed by atoms with van der Waals surface area (Å²) in [6.45, 7) is 0.0254. The molecule has 0 bridgehead atoms. The second-order valence-corrected chi connectivity index (χ2v) is 7.31. The summed E-state index contributed by atoms with van der Waals surface area (Å²) in [4.78, 5) is 25.9. The Morgan fingerprint density at radius 2 is 1.90 bits per heavy atom. The number of nitrogens with two attached hydrogens (primary N) is 2. The van der Waals surface area contributed by atoms with Crippen LogP contribution >= 0.6 is 0 Å². The molecule has 0 fully saturated rings. The van der Waals surface area contributed by atoms with Crippen LogP contribution in [0.4, 0.5) is 13.2 Å². The van der Waals surface area contributed by atoms with Crippen LogP contribution in [-0.2, 0) is 22.6 Å². The number of carbonyl (C=O) groups is 2. The van der Waals surface area contributed by atoms with Gasteiger partial charge in [0.1, 0.15) is 17.5 Å². The number of halogens is 3. The molecule has 164 valence electrons. The normalized spacial score (nSPS) is 13.3. The largest absolute Gasteiger partial charge is 0.430 e. The average Bonchev–Trinajstić information content (AvgIpc) is 3.21. The first-order valence-corrected chi connectivity index (χ1v) is 9.68. The van der Waals surface area contributed by atoms with E-state index in [0.29, 0.717) is 31.8 Å². The Balaban J connectivity index is 1.81. The Morgan fingerprint density at radius 3 is 2.58 bits per heavy atom. The lowest BCUT2D eigenvalue weighted by molar-refractivity contribution is -0.122. The van der Waals surface area contributed by atoms with E-state index in [1.807, 2.05) is 5.43 Å². The molecular weight excluding hydrogens is 412 g/mol. The molecule has 2 aromatic carbocycles. The van der Waals surface area contributed by atoms with E-state index in [9.17, 15) is 22.8 Å². The molecule has 1 aliphatic heterocycles. The molecule has 0 saturated heterocycles. The summed E-state index contributed by atoms with van der Waals surface area (Å²) in [6, 6.07) is 5.31. The van der Waals surface area contributed by atoms with Crippen molar-refractivity contribution in [1.29, 1.82) is 0 Å². The van der Waals surface area contributed by atoms with Crippen LogP contribution < -0.4 is 22.5 Å². The molecule has 1 heterocycles. The predicted molar refractivity (Wildman–Crippen MR) is 109 cm³/mol. The highest BCUT2D eigenvalue weighted by atomic mass is 19.1. The van der Waals surface area contributed by atoms with Crippen molar-refractivity contribution in [3.05, 3.63) is 64.5 Å². The summed E-state index contributed by atoms with van der Waals surface area (Å²) in [7, 11) is 0.459. The van der Waals surface area contributed by atoms with E-state index >= 15 is 0 Å². The summed E-state index contributed by atoms with van der Waals surface area (Å²) in [6.07, 6.45) is 0.470. The maximum absolute atomic E-state index is 14.2. The maximum Gasteiger partial charge on any atom is 0.309 e. The van der Waals surface area contributed by atoms with E-state index in [0.717, 1.165) is 11.0 Å². The van der Waals surface area contributed by atoms with Gasteiger partial charge in [0.05, 0.1) is 19.2 Å². The number of nitrogens with zero attached hydrogens (tertiary/aromatic N) is 1. The number of hydrogen-bond acceptors (Lipinski definition) is 5. The van der Waals surface area contributed by atoms with Gasteiger partial charge in [0.2, 0.25) is 0 Å². The molecular formula is C20H22BF3N4O3. The smallest absolute Gasteiger partial charge is 0.309 e. The molecule has 0 saturated carbocycles. The molecule has 2 aromatic rings. The number of rotatable bonds is 8. The van der Waals surface area contributed by atoms with Crippen LogP contribution in [0.25, 0.3) is 0 Å². The SMILES string of the molecule is NNC(=O)[C@@H](N)CCCN(Cc1c(F)cc(F)cc1F)C(=O)c1ccc2c(c1)COB2. The van der Waals surface area contributed by atoms with Crippen LogP contribution in [0.5, 0.6) is 0 Å². The third-order valence-electron chi connectivity index (χ3n) is 5.13. The molecule has 11 heteroatoms. The molecule has 7 nitrogen and oxygen atoms in total. The van der Waals surface area contributed by atoms with E-state index in [-0.39, 0.29) is 19.4 Å². The van der Waals surface area contributed by atoms with Crippen LogP contribution in [-0.4, -0.2) is 36.8 Å². The first-order chi connectivity index (χ1) is 14.8. The summed E-state index contributed by atoms with van der Waals surface area (Å²) in [5.74, 6) is 0.807. The lowest BCUT2D eigenvalue weighted by Gasteiger charge is -2.24. The highest BCUT2D eigenvalue weighted by molar-refractivity contribution is 6.48. The van der Waals surface area contributed by atoms with E-state index in [2.05, 4.69) is 0 Å². The van der Waals surface area contributed by atoms with Crippen LogP contribution in [0.1, 0.15) is 34.3 Å². The number of amides is 2. The van der Waals surface area contributed by atoms with E-state index in [1.165, 1.54) is 4.90 Å². The van der Waals surface area contributed by atoms with Crippen molar-refractivity contribution in [3.63, 3.8) is 0 Å². The van der Waals surface area contributed by atoms with Gasteiger partial charge < -0.3 is 15.3 Å². The second-order valence-electron chi connectivity index (χ2n) is 7.31.